The molecule has 0 aliphatic heterocycles. The van der Waals surface area contributed by atoms with E-state index in [0.29, 0.717) is 5.82 Å². The summed E-state index contributed by atoms with van der Waals surface area (Å²) in [5.41, 5.74) is 9.70. The number of benzene rings is 5. The van der Waals surface area contributed by atoms with Gasteiger partial charge < -0.3 is 0 Å². The van der Waals surface area contributed by atoms with Gasteiger partial charge in [0.15, 0.2) is 5.82 Å². The lowest BCUT2D eigenvalue weighted by atomic mass is 9.86. The third-order valence-electron chi connectivity index (χ3n) is 8.88. The number of aryl methyl sites for hydroxylation is 1. The van der Waals surface area contributed by atoms with Gasteiger partial charge in [0.2, 0.25) is 0 Å². The van der Waals surface area contributed by atoms with Crippen LogP contribution < -0.4 is 0 Å². The van der Waals surface area contributed by atoms with E-state index in [1.165, 1.54) is 43.8 Å². The molecule has 0 spiro atoms. The Labute approximate surface area is 254 Å². The van der Waals surface area contributed by atoms with Crippen LogP contribution in [0.1, 0.15) is 17.5 Å². The zero-order chi connectivity index (χ0) is 29.0. The van der Waals surface area contributed by atoms with Crippen molar-refractivity contribution < 1.29 is 0 Å². The van der Waals surface area contributed by atoms with Gasteiger partial charge in [-0.05, 0) is 74.8 Å². The van der Waals surface area contributed by atoms with Crippen LogP contribution in [0.15, 0.2) is 128 Å². The van der Waals surface area contributed by atoms with Crippen LogP contribution in [0.25, 0.3) is 83.2 Å². The lowest BCUT2D eigenvalue weighted by Gasteiger charge is -2.18. The summed E-state index contributed by atoms with van der Waals surface area (Å²) in [6, 6.07) is 36.5. The van der Waals surface area contributed by atoms with Gasteiger partial charge in [0, 0.05) is 40.5 Å². The number of aromatic nitrogens is 4. The van der Waals surface area contributed by atoms with Crippen molar-refractivity contribution in [2.45, 2.75) is 12.8 Å². The smallest absolute Gasteiger partial charge is 0.159 e. The van der Waals surface area contributed by atoms with Gasteiger partial charge in [0.1, 0.15) is 0 Å². The number of pyridine rings is 2. The molecule has 0 bridgehead atoms. The average Bonchev–Trinajstić information content (AvgIpc) is 3.11. The molecule has 3 heterocycles. The number of hydrogen-bond acceptors (Lipinski definition) is 4. The topological polar surface area (TPSA) is 51.6 Å². The third-order valence-corrected chi connectivity index (χ3v) is 8.88. The second-order valence-electron chi connectivity index (χ2n) is 11.4. The Morgan fingerprint density at radius 2 is 1.27 bits per heavy atom. The van der Waals surface area contributed by atoms with E-state index in [9.17, 15) is 0 Å². The molecular formula is C40H26N4. The molecule has 44 heavy (non-hydrogen) atoms. The van der Waals surface area contributed by atoms with Crippen molar-refractivity contribution >= 4 is 49.4 Å². The summed E-state index contributed by atoms with van der Waals surface area (Å²) in [5.74, 6) is 0.691. The monoisotopic (exact) mass is 562 g/mol. The van der Waals surface area contributed by atoms with Gasteiger partial charge in [-0.3, -0.25) is 4.98 Å². The third kappa shape index (κ3) is 3.99. The van der Waals surface area contributed by atoms with Crippen LogP contribution in [0.2, 0.25) is 0 Å². The molecule has 0 atom stereocenters. The fourth-order valence-corrected chi connectivity index (χ4v) is 6.66. The van der Waals surface area contributed by atoms with Crippen LogP contribution in [0.4, 0.5) is 0 Å². The van der Waals surface area contributed by atoms with Crippen molar-refractivity contribution in [2.75, 3.05) is 0 Å². The summed E-state index contributed by atoms with van der Waals surface area (Å²) in [6.07, 6.45) is 12.3. The van der Waals surface area contributed by atoms with Gasteiger partial charge >= 0.3 is 0 Å². The highest BCUT2D eigenvalue weighted by Gasteiger charge is 2.15. The Kier molecular flexibility index (Phi) is 5.60. The number of rotatable bonds is 3. The van der Waals surface area contributed by atoms with Crippen molar-refractivity contribution in [2.24, 2.45) is 0 Å². The molecule has 5 aromatic carbocycles. The molecule has 1 aliphatic carbocycles. The second-order valence-corrected chi connectivity index (χ2v) is 11.4. The minimum atomic E-state index is 0.691. The SMILES string of the molecule is C1=Cc2c(c3ccccc3c3cc(-c4ccc(-c5ncc(-c6ccc7ccc8cccnc8c7n6)cn5)cc4)ccc23)CC1. The molecule has 0 unspecified atom stereocenters. The second kappa shape index (κ2) is 9.92. The first kappa shape index (κ1) is 24.8. The maximum absolute atomic E-state index is 4.94. The molecule has 206 valence electrons. The molecule has 0 radical (unpaired) electrons. The first-order chi connectivity index (χ1) is 21.8. The number of allylic oxidation sites excluding steroid dienone is 1. The minimum Gasteiger partial charge on any atom is -0.254 e. The van der Waals surface area contributed by atoms with E-state index in [4.69, 9.17) is 15.0 Å². The van der Waals surface area contributed by atoms with Crippen LogP contribution in [0, 0.1) is 0 Å². The molecule has 0 saturated heterocycles. The van der Waals surface area contributed by atoms with E-state index in [1.807, 2.05) is 30.7 Å². The van der Waals surface area contributed by atoms with Crippen LogP contribution in [-0.2, 0) is 6.42 Å². The Bertz CT molecular complexity index is 2420. The molecule has 0 saturated carbocycles. The summed E-state index contributed by atoms with van der Waals surface area (Å²) in [7, 11) is 0. The summed E-state index contributed by atoms with van der Waals surface area (Å²) in [5, 5.41) is 7.47. The zero-order valence-corrected chi connectivity index (χ0v) is 23.9. The summed E-state index contributed by atoms with van der Waals surface area (Å²) >= 11 is 0. The summed E-state index contributed by atoms with van der Waals surface area (Å²) < 4.78 is 0. The Morgan fingerprint density at radius 1 is 0.523 bits per heavy atom. The van der Waals surface area contributed by atoms with Crippen LogP contribution in [0.5, 0.6) is 0 Å². The number of hydrogen-bond donors (Lipinski definition) is 0. The average molecular weight is 563 g/mol. The first-order valence-electron chi connectivity index (χ1n) is 15.0. The van der Waals surface area contributed by atoms with Gasteiger partial charge in [-0.2, -0.15) is 0 Å². The Hall–Kier alpha value is -5.74. The molecule has 0 fully saturated rings. The maximum Gasteiger partial charge on any atom is 0.159 e. The molecule has 9 rings (SSSR count). The highest BCUT2D eigenvalue weighted by Crippen LogP contribution is 2.38. The van der Waals surface area contributed by atoms with Crippen molar-refractivity contribution in [1.82, 2.24) is 19.9 Å². The predicted octanol–water partition coefficient (Wildman–Crippen LogP) is 9.84. The van der Waals surface area contributed by atoms with Crippen molar-refractivity contribution in [3.8, 4) is 33.8 Å². The van der Waals surface area contributed by atoms with E-state index in [2.05, 4.69) is 108 Å². The lowest BCUT2D eigenvalue weighted by Crippen LogP contribution is -1.97. The van der Waals surface area contributed by atoms with E-state index < -0.39 is 0 Å². The van der Waals surface area contributed by atoms with Crippen molar-refractivity contribution in [3.05, 3.63) is 139 Å². The maximum atomic E-state index is 4.94. The highest BCUT2D eigenvalue weighted by molar-refractivity contribution is 6.14. The van der Waals surface area contributed by atoms with Gasteiger partial charge in [-0.25, -0.2) is 15.0 Å². The molecule has 0 N–H and O–H groups in total. The van der Waals surface area contributed by atoms with Gasteiger partial charge in [0.25, 0.3) is 0 Å². The summed E-state index contributed by atoms with van der Waals surface area (Å²) in [6.45, 7) is 0. The standard InChI is InChI=1S/C40H26N4/c1-2-9-33-31(7-1)32-8-3-4-10-34(32)36-22-29(17-19-35(33)36)25-11-15-28(16-12-25)40-42-23-30(24-43-40)37-20-18-27-14-13-26-6-5-21-41-38(26)39(27)44-37/h2-6,8-24H,1,7H2. The normalized spacial score (nSPS) is 12.7. The quantitative estimate of drug-likeness (QED) is 0.201. The zero-order valence-electron chi connectivity index (χ0n) is 23.9. The van der Waals surface area contributed by atoms with E-state index in [0.717, 1.165) is 51.5 Å². The molecular weight excluding hydrogens is 536 g/mol. The summed E-state index contributed by atoms with van der Waals surface area (Å²) in [4.78, 5) is 18.9. The molecule has 4 nitrogen and oxygen atoms in total. The van der Waals surface area contributed by atoms with Crippen molar-refractivity contribution in [3.63, 3.8) is 0 Å². The number of fused-ring (bicyclic) bond motifs is 9. The number of nitrogens with zero attached hydrogens (tertiary/aromatic N) is 4. The lowest BCUT2D eigenvalue weighted by molar-refractivity contribution is 1.00. The molecule has 3 aromatic heterocycles. The molecule has 1 aliphatic rings. The molecule has 4 heteroatoms. The predicted molar refractivity (Wildman–Crippen MR) is 181 cm³/mol. The largest absolute Gasteiger partial charge is 0.254 e. The molecule has 0 amide bonds. The van der Waals surface area contributed by atoms with Gasteiger partial charge in [-0.15, -0.1) is 0 Å². The van der Waals surface area contributed by atoms with Crippen LogP contribution >= 0.6 is 0 Å². The molecule has 8 aromatic rings. The van der Waals surface area contributed by atoms with Crippen LogP contribution in [-0.4, -0.2) is 19.9 Å². The minimum absolute atomic E-state index is 0.691. The fourth-order valence-electron chi connectivity index (χ4n) is 6.66. The first-order valence-corrected chi connectivity index (χ1v) is 15.0. The van der Waals surface area contributed by atoms with Crippen LogP contribution in [0.3, 0.4) is 0 Å². The Morgan fingerprint density at radius 3 is 2.14 bits per heavy atom. The Balaban J connectivity index is 1.04. The van der Waals surface area contributed by atoms with E-state index in [1.54, 1.807) is 0 Å². The van der Waals surface area contributed by atoms with Gasteiger partial charge in [0.05, 0.1) is 16.7 Å². The van der Waals surface area contributed by atoms with Gasteiger partial charge in [-0.1, -0.05) is 97.1 Å². The highest BCUT2D eigenvalue weighted by atomic mass is 14.9. The van der Waals surface area contributed by atoms with E-state index in [-0.39, 0.29) is 0 Å². The van der Waals surface area contributed by atoms with Crippen molar-refractivity contribution in [1.29, 1.82) is 0 Å². The fraction of sp³-hybridized carbons (Fsp3) is 0.0500. The van der Waals surface area contributed by atoms with E-state index >= 15 is 0 Å².